The Morgan fingerprint density at radius 3 is 2.87 bits per heavy atom. The van der Waals surface area contributed by atoms with Crippen LogP contribution >= 0.6 is 0 Å². The van der Waals surface area contributed by atoms with Crippen LogP contribution in [0.15, 0.2) is 12.7 Å². The van der Waals surface area contributed by atoms with Gasteiger partial charge in [0.15, 0.2) is 0 Å². The Hall–Kier alpha value is -1.52. The molecule has 1 aliphatic rings. The van der Waals surface area contributed by atoms with Gasteiger partial charge in [0, 0.05) is 13.1 Å². The van der Waals surface area contributed by atoms with Gasteiger partial charge in [0.2, 0.25) is 0 Å². The van der Waals surface area contributed by atoms with Crippen LogP contribution in [0.4, 0.5) is 4.79 Å². The summed E-state index contributed by atoms with van der Waals surface area (Å²) in [6.07, 6.45) is 2.30. The summed E-state index contributed by atoms with van der Waals surface area (Å²) in [7, 11) is 0. The molecule has 1 heterocycles. The minimum Gasteiger partial charge on any atom is -0.480 e. The van der Waals surface area contributed by atoms with Crippen molar-refractivity contribution in [1.82, 2.24) is 10.2 Å². The number of carbonyl (C=O) groups excluding carboxylic acids is 1. The Morgan fingerprint density at radius 2 is 2.33 bits per heavy atom. The van der Waals surface area contributed by atoms with Gasteiger partial charge in [-0.3, -0.25) is 0 Å². The van der Waals surface area contributed by atoms with E-state index in [-0.39, 0.29) is 11.9 Å². The van der Waals surface area contributed by atoms with Gasteiger partial charge in [0.1, 0.15) is 6.04 Å². The first-order chi connectivity index (χ1) is 7.07. The SMILES string of the molecule is C=CCNC(=O)N1CCC(C)C1C(=O)O. The molecule has 84 valence electrons. The van der Waals surface area contributed by atoms with E-state index >= 15 is 0 Å². The summed E-state index contributed by atoms with van der Waals surface area (Å²) in [6, 6.07) is -1.03. The highest BCUT2D eigenvalue weighted by Crippen LogP contribution is 2.23. The fourth-order valence-electron chi connectivity index (χ4n) is 1.81. The van der Waals surface area contributed by atoms with E-state index in [4.69, 9.17) is 5.11 Å². The number of rotatable bonds is 3. The van der Waals surface area contributed by atoms with Crippen molar-refractivity contribution < 1.29 is 14.7 Å². The van der Waals surface area contributed by atoms with Crippen LogP contribution in [0.5, 0.6) is 0 Å². The van der Waals surface area contributed by atoms with Crippen molar-refractivity contribution in [1.29, 1.82) is 0 Å². The Balaban J connectivity index is 2.64. The van der Waals surface area contributed by atoms with E-state index in [0.29, 0.717) is 13.1 Å². The van der Waals surface area contributed by atoms with E-state index in [1.54, 1.807) is 6.08 Å². The standard InChI is InChI=1S/C10H16N2O3/c1-3-5-11-10(15)12-6-4-7(2)8(12)9(13)14/h3,7-8H,1,4-6H2,2H3,(H,11,15)(H,13,14). The highest BCUT2D eigenvalue weighted by molar-refractivity contribution is 5.83. The molecule has 0 spiro atoms. The molecule has 0 aromatic rings. The highest BCUT2D eigenvalue weighted by Gasteiger charge is 2.39. The number of hydrogen-bond donors (Lipinski definition) is 2. The van der Waals surface area contributed by atoms with Crippen molar-refractivity contribution in [3.63, 3.8) is 0 Å². The smallest absolute Gasteiger partial charge is 0.326 e. The largest absolute Gasteiger partial charge is 0.480 e. The molecule has 1 aliphatic heterocycles. The normalized spacial score (nSPS) is 25.0. The van der Waals surface area contributed by atoms with Gasteiger partial charge < -0.3 is 15.3 Å². The Labute approximate surface area is 88.8 Å². The van der Waals surface area contributed by atoms with Gasteiger partial charge in [-0.1, -0.05) is 13.0 Å². The number of carbonyl (C=O) groups is 2. The average Bonchev–Trinajstić information content (AvgIpc) is 2.56. The fraction of sp³-hybridized carbons (Fsp3) is 0.600. The molecule has 0 aliphatic carbocycles. The van der Waals surface area contributed by atoms with E-state index in [0.717, 1.165) is 6.42 Å². The topological polar surface area (TPSA) is 69.6 Å². The third-order valence-electron chi connectivity index (χ3n) is 2.61. The maximum atomic E-state index is 11.6. The molecule has 2 N–H and O–H groups in total. The molecule has 15 heavy (non-hydrogen) atoms. The number of urea groups is 1. The zero-order chi connectivity index (χ0) is 11.4. The number of carboxylic acid groups (broad SMARTS) is 1. The first kappa shape index (κ1) is 11.6. The maximum absolute atomic E-state index is 11.6. The van der Waals surface area contributed by atoms with Crippen molar-refractivity contribution in [3.05, 3.63) is 12.7 Å². The number of nitrogens with one attached hydrogen (secondary N) is 1. The first-order valence-electron chi connectivity index (χ1n) is 4.96. The van der Waals surface area contributed by atoms with Crippen LogP contribution in [-0.2, 0) is 4.79 Å². The molecule has 5 nitrogen and oxygen atoms in total. The molecule has 1 fully saturated rings. The molecule has 0 saturated carbocycles. The number of aliphatic carboxylic acids is 1. The highest BCUT2D eigenvalue weighted by atomic mass is 16.4. The number of amides is 2. The Kier molecular flexibility index (Phi) is 3.71. The van der Waals surface area contributed by atoms with Gasteiger partial charge in [0.05, 0.1) is 0 Å². The Morgan fingerprint density at radius 1 is 1.67 bits per heavy atom. The lowest BCUT2D eigenvalue weighted by Gasteiger charge is -2.23. The summed E-state index contributed by atoms with van der Waals surface area (Å²) >= 11 is 0. The van der Waals surface area contributed by atoms with Crippen LogP contribution in [-0.4, -0.2) is 41.1 Å². The average molecular weight is 212 g/mol. The van der Waals surface area contributed by atoms with E-state index < -0.39 is 12.0 Å². The van der Waals surface area contributed by atoms with Crippen molar-refractivity contribution in [3.8, 4) is 0 Å². The first-order valence-corrected chi connectivity index (χ1v) is 4.96. The lowest BCUT2D eigenvalue weighted by molar-refractivity contribution is -0.142. The van der Waals surface area contributed by atoms with Gasteiger partial charge in [-0.2, -0.15) is 0 Å². The minimum atomic E-state index is -0.936. The van der Waals surface area contributed by atoms with Crippen LogP contribution in [0.25, 0.3) is 0 Å². The van der Waals surface area contributed by atoms with Crippen molar-refractivity contribution >= 4 is 12.0 Å². The van der Waals surface area contributed by atoms with Gasteiger partial charge in [-0.05, 0) is 12.3 Å². The molecule has 0 aromatic carbocycles. The molecule has 2 amide bonds. The predicted octanol–water partition coefficient (Wildman–Crippen LogP) is 0.677. The van der Waals surface area contributed by atoms with Crippen LogP contribution < -0.4 is 5.32 Å². The lowest BCUT2D eigenvalue weighted by Crippen LogP contribution is -2.47. The number of carboxylic acids is 1. The van der Waals surface area contributed by atoms with Crippen LogP contribution in [0.3, 0.4) is 0 Å². The van der Waals surface area contributed by atoms with Crippen LogP contribution in [0, 0.1) is 5.92 Å². The molecule has 2 unspecified atom stereocenters. The maximum Gasteiger partial charge on any atom is 0.326 e. The number of likely N-dealkylation sites (tertiary alicyclic amines) is 1. The van der Waals surface area contributed by atoms with Gasteiger partial charge in [0.25, 0.3) is 0 Å². The molecule has 2 atom stereocenters. The summed E-state index contributed by atoms with van der Waals surface area (Å²) < 4.78 is 0. The molecule has 5 heteroatoms. The quantitative estimate of drug-likeness (QED) is 0.676. The summed E-state index contributed by atoms with van der Waals surface area (Å²) in [6.45, 7) is 6.18. The monoisotopic (exact) mass is 212 g/mol. The third kappa shape index (κ3) is 2.49. The summed E-state index contributed by atoms with van der Waals surface area (Å²) in [4.78, 5) is 23.9. The summed E-state index contributed by atoms with van der Waals surface area (Å²) in [5.41, 5.74) is 0. The fourth-order valence-corrected chi connectivity index (χ4v) is 1.81. The molecule has 0 aromatic heterocycles. The van der Waals surface area contributed by atoms with Crippen molar-refractivity contribution in [2.24, 2.45) is 5.92 Å². The zero-order valence-corrected chi connectivity index (χ0v) is 8.77. The third-order valence-corrected chi connectivity index (χ3v) is 2.61. The second kappa shape index (κ2) is 4.82. The second-order valence-electron chi connectivity index (χ2n) is 3.72. The predicted molar refractivity (Wildman–Crippen MR) is 55.5 cm³/mol. The van der Waals surface area contributed by atoms with E-state index in [9.17, 15) is 9.59 Å². The van der Waals surface area contributed by atoms with E-state index in [2.05, 4.69) is 11.9 Å². The lowest BCUT2D eigenvalue weighted by atomic mass is 10.0. The van der Waals surface area contributed by atoms with Crippen molar-refractivity contribution in [2.45, 2.75) is 19.4 Å². The molecule has 1 saturated heterocycles. The van der Waals surface area contributed by atoms with Gasteiger partial charge >= 0.3 is 12.0 Å². The van der Waals surface area contributed by atoms with E-state index in [1.807, 2.05) is 6.92 Å². The minimum absolute atomic E-state index is 0.0111. The van der Waals surface area contributed by atoms with Gasteiger partial charge in [-0.15, -0.1) is 6.58 Å². The second-order valence-corrected chi connectivity index (χ2v) is 3.72. The molecule has 0 bridgehead atoms. The van der Waals surface area contributed by atoms with Crippen molar-refractivity contribution in [2.75, 3.05) is 13.1 Å². The van der Waals surface area contributed by atoms with Gasteiger partial charge in [-0.25, -0.2) is 9.59 Å². The zero-order valence-electron chi connectivity index (χ0n) is 8.77. The summed E-state index contributed by atoms with van der Waals surface area (Å²) in [5, 5.41) is 11.6. The Bertz CT molecular complexity index is 278. The van der Waals surface area contributed by atoms with Crippen LogP contribution in [0.2, 0.25) is 0 Å². The van der Waals surface area contributed by atoms with E-state index in [1.165, 1.54) is 4.90 Å². The molecule has 0 radical (unpaired) electrons. The number of hydrogen-bond acceptors (Lipinski definition) is 2. The molecular formula is C10H16N2O3. The molecular weight excluding hydrogens is 196 g/mol. The number of nitrogens with zero attached hydrogens (tertiary/aromatic N) is 1. The summed E-state index contributed by atoms with van der Waals surface area (Å²) in [5.74, 6) is -0.925. The molecule has 1 rings (SSSR count). The van der Waals surface area contributed by atoms with Crippen LogP contribution in [0.1, 0.15) is 13.3 Å².